The minimum atomic E-state index is -0.527. The van der Waals surface area contributed by atoms with Crippen molar-refractivity contribution in [2.45, 2.75) is 25.7 Å². The molecular weight excluding hydrogens is 370 g/mol. The lowest BCUT2D eigenvalue weighted by atomic mass is 9.70. The normalized spacial score (nSPS) is 16.2. The molecule has 0 bridgehead atoms. The number of nitrogen functional groups attached to an aromatic ring is 1. The molecule has 0 fully saturated rings. The second kappa shape index (κ2) is 6.21. The third-order valence-electron chi connectivity index (χ3n) is 4.05. The van der Waals surface area contributed by atoms with Crippen LogP contribution in [0.3, 0.4) is 0 Å². The third-order valence-corrected chi connectivity index (χ3v) is 4.54. The van der Waals surface area contributed by atoms with E-state index in [-0.39, 0.29) is 13.0 Å². The maximum absolute atomic E-state index is 8.65. The van der Waals surface area contributed by atoms with Crippen LogP contribution in [-0.4, -0.2) is 22.3 Å². The molecule has 1 aliphatic carbocycles. The Labute approximate surface area is 148 Å². The Hall–Kier alpha value is -2.46. The minimum Gasteiger partial charge on any atom is -0.394 e. The van der Waals surface area contributed by atoms with Gasteiger partial charge in [0.05, 0.1) is 23.9 Å². The molecule has 1 aliphatic rings. The number of hydrogen-bond acceptors (Lipinski definition) is 6. The molecule has 7 heteroatoms. The van der Waals surface area contributed by atoms with Crippen LogP contribution in [0, 0.1) is 11.3 Å². The van der Waals surface area contributed by atoms with E-state index in [1.165, 1.54) is 6.33 Å². The Balaban J connectivity index is 2.23. The lowest BCUT2D eigenvalue weighted by Gasteiger charge is -2.34. The Morgan fingerprint density at radius 2 is 2.12 bits per heavy atom. The topological polar surface area (TPSA) is 97.2 Å². The number of oxime groups is 1. The van der Waals surface area contributed by atoms with Gasteiger partial charge in [0, 0.05) is 26.6 Å². The monoisotopic (exact) mass is 385 g/mol. The van der Waals surface area contributed by atoms with Crippen LogP contribution in [0.4, 0.5) is 5.82 Å². The first kappa shape index (κ1) is 16.4. The molecule has 0 atom stereocenters. The van der Waals surface area contributed by atoms with Crippen LogP contribution >= 0.6 is 15.9 Å². The Morgan fingerprint density at radius 1 is 1.33 bits per heavy atom. The van der Waals surface area contributed by atoms with Gasteiger partial charge in [0.25, 0.3) is 0 Å². The van der Waals surface area contributed by atoms with Gasteiger partial charge in [-0.1, -0.05) is 27.2 Å². The summed E-state index contributed by atoms with van der Waals surface area (Å²) in [5, 5.41) is 13.0. The molecule has 2 N–H and O–H groups in total. The summed E-state index contributed by atoms with van der Waals surface area (Å²) in [6.07, 6.45) is 1.76. The molecule has 0 saturated carbocycles. The summed E-state index contributed by atoms with van der Waals surface area (Å²) in [4.78, 5) is 14.0. The number of nitrogens with zero attached hydrogens (tertiary/aromatic N) is 4. The van der Waals surface area contributed by atoms with Crippen molar-refractivity contribution in [3.63, 3.8) is 0 Å². The van der Waals surface area contributed by atoms with E-state index in [9.17, 15) is 0 Å². The fourth-order valence-electron chi connectivity index (χ4n) is 2.96. The Kier molecular flexibility index (Phi) is 4.24. The molecule has 122 valence electrons. The molecule has 0 unspecified atom stereocenters. The SMILES string of the molecule is CC1(C)/C(=N/OCCC#N)c2cc(Br)ccc2-c2ncnc(N)c21. The average molecular weight is 386 g/mol. The van der Waals surface area contributed by atoms with Crippen molar-refractivity contribution in [1.29, 1.82) is 5.26 Å². The van der Waals surface area contributed by atoms with Crippen LogP contribution in [0.25, 0.3) is 11.3 Å². The average Bonchev–Trinajstić information content (AvgIpc) is 2.53. The first-order valence-corrected chi connectivity index (χ1v) is 8.24. The molecule has 1 heterocycles. The lowest BCUT2D eigenvalue weighted by molar-refractivity contribution is 0.148. The van der Waals surface area contributed by atoms with Gasteiger partial charge in [-0.25, -0.2) is 9.97 Å². The molecular formula is C17H16BrN5O. The molecule has 0 aliphatic heterocycles. The third kappa shape index (κ3) is 2.63. The summed E-state index contributed by atoms with van der Waals surface area (Å²) in [6.45, 7) is 4.27. The number of aromatic nitrogens is 2. The highest BCUT2D eigenvalue weighted by atomic mass is 79.9. The largest absolute Gasteiger partial charge is 0.394 e. The Bertz CT molecular complexity index is 870. The number of fused-ring (bicyclic) bond motifs is 3. The number of halogens is 1. The van der Waals surface area contributed by atoms with Gasteiger partial charge in [-0.2, -0.15) is 5.26 Å². The summed E-state index contributed by atoms with van der Waals surface area (Å²) >= 11 is 3.51. The Morgan fingerprint density at radius 3 is 2.88 bits per heavy atom. The van der Waals surface area contributed by atoms with Gasteiger partial charge in [-0.15, -0.1) is 0 Å². The highest BCUT2D eigenvalue weighted by molar-refractivity contribution is 9.10. The molecule has 0 amide bonds. The van der Waals surface area contributed by atoms with E-state index < -0.39 is 5.41 Å². The smallest absolute Gasteiger partial charge is 0.131 e. The van der Waals surface area contributed by atoms with Gasteiger partial charge in [-0.3, -0.25) is 0 Å². The van der Waals surface area contributed by atoms with Crippen LogP contribution in [0.1, 0.15) is 31.4 Å². The zero-order chi connectivity index (χ0) is 17.3. The summed E-state index contributed by atoms with van der Waals surface area (Å²) in [5.74, 6) is 0.434. The van der Waals surface area contributed by atoms with E-state index in [4.69, 9.17) is 15.8 Å². The molecule has 0 radical (unpaired) electrons. The number of nitriles is 1. The first-order chi connectivity index (χ1) is 11.5. The number of anilines is 1. The van der Waals surface area contributed by atoms with Crippen molar-refractivity contribution in [3.05, 3.63) is 40.1 Å². The van der Waals surface area contributed by atoms with Crippen LogP contribution in [0.2, 0.25) is 0 Å². The second-order valence-corrected chi connectivity index (χ2v) is 6.89. The van der Waals surface area contributed by atoms with Crippen molar-refractivity contribution in [1.82, 2.24) is 9.97 Å². The van der Waals surface area contributed by atoms with Gasteiger partial charge in [0.15, 0.2) is 0 Å². The molecule has 6 nitrogen and oxygen atoms in total. The van der Waals surface area contributed by atoms with Crippen molar-refractivity contribution in [2.75, 3.05) is 12.3 Å². The fourth-order valence-corrected chi connectivity index (χ4v) is 3.32. The quantitative estimate of drug-likeness (QED) is 0.644. The molecule has 0 spiro atoms. The van der Waals surface area contributed by atoms with E-state index in [2.05, 4.69) is 31.1 Å². The zero-order valence-corrected chi connectivity index (χ0v) is 15.0. The molecule has 1 aromatic carbocycles. The predicted octanol–water partition coefficient (Wildman–Crippen LogP) is 3.41. The predicted molar refractivity (Wildman–Crippen MR) is 95.3 cm³/mol. The molecule has 3 rings (SSSR count). The number of benzene rings is 1. The fraction of sp³-hybridized carbons (Fsp3) is 0.294. The maximum Gasteiger partial charge on any atom is 0.131 e. The molecule has 24 heavy (non-hydrogen) atoms. The maximum atomic E-state index is 8.65. The lowest BCUT2D eigenvalue weighted by Crippen LogP contribution is -2.36. The van der Waals surface area contributed by atoms with E-state index in [0.717, 1.165) is 32.6 Å². The van der Waals surface area contributed by atoms with Gasteiger partial charge in [0.2, 0.25) is 0 Å². The number of nitrogens with two attached hydrogens (primary N) is 1. The first-order valence-electron chi connectivity index (χ1n) is 7.45. The minimum absolute atomic E-state index is 0.243. The van der Waals surface area contributed by atoms with Gasteiger partial charge in [0.1, 0.15) is 18.8 Å². The number of rotatable bonds is 3. The standard InChI is InChI=1S/C17H16BrN5O/c1-17(2)13-14(21-9-22-16(13)20)11-5-4-10(18)8-12(11)15(17)23-24-7-3-6-19/h4-5,8-9H,3,7H2,1-2H3,(H2,20,21,22)/b23-15+. The van der Waals surface area contributed by atoms with Crippen LogP contribution in [0.15, 0.2) is 34.2 Å². The van der Waals surface area contributed by atoms with E-state index in [0.29, 0.717) is 5.82 Å². The highest BCUT2D eigenvalue weighted by Gasteiger charge is 2.40. The van der Waals surface area contributed by atoms with Crippen molar-refractivity contribution in [2.24, 2.45) is 5.16 Å². The van der Waals surface area contributed by atoms with Crippen molar-refractivity contribution >= 4 is 27.5 Å². The van der Waals surface area contributed by atoms with Gasteiger partial charge in [-0.05, 0) is 26.0 Å². The summed E-state index contributed by atoms with van der Waals surface area (Å²) in [5.41, 5.74) is 9.87. The summed E-state index contributed by atoms with van der Waals surface area (Å²) < 4.78 is 0.937. The van der Waals surface area contributed by atoms with E-state index in [1.54, 1.807) is 0 Å². The number of hydrogen-bond donors (Lipinski definition) is 1. The van der Waals surface area contributed by atoms with Gasteiger partial charge < -0.3 is 10.6 Å². The van der Waals surface area contributed by atoms with Crippen molar-refractivity contribution < 1.29 is 4.84 Å². The summed E-state index contributed by atoms with van der Waals surface area (Å²) in [6, 6.07) is 7.96. The zero-order valence-electron chi connectivity index (χ0n) is 13.4. The van der Waals surface area contributed by atoms with Crippen LogP contribution < -0.4 is 5.73 Å². The van der Waals surface area contributed by atoms with Crippen LogP contribution in [0.5, 0.6) is 0 Å². The van der Waals surface area contributed by atoms with Crippen molar-refractivity contribution in [3.8, 4) is 17.3 Å². The molecule has 1 aromatic heterocycles. The summed E-state index contributed by atoms with van der Waals surface area (Å²) in [7, 11) is 0. The van der Waals surface area contributed by atoms with Gasteiger partial charge >= 0.3 is 0 Å². The molecule has 2 aromatic rings. The highest BCUT2D eigenvalue weighted by Crippen LogP contribution is 2.44. The van der Waals surface area contributed by atoms with E-state index >= 15 is 0 Å². The van der Waals surface area contributed by atoms with Crippen LogP contribution in [-0.2, 0) is 10.3 Å². The second-order valence-electron chi connectivity index (χ2n) is 5.98. The molecule has 0 saturated heterocycles. The van der Waals surface area contributed by atoms with E-state index in [1.807, 2.05) is 38.1 Å².